The fourth-order valence-electron chi connectivity index (χ4n) is 2.18. The fourth-order valence-corrected chi connectivity index (χ4v) is 2.18. The van der Waals surface area contributed by atoms with E-state index in [2.05, 4.69) is 5.32 Å². The van der Waals surface area contributed by atoms with Gasteiger partial charge in [-0.25, -0.2) is 8.78 Å². The molecule has 1 saturated heterocycles. The standard InChI is InChI=1S/C9H15F2N/c10-9(11)3-1-7(2-4-9)8-5-12-6-8/h7-8,12H,1-6H2. The van der Waals surface area contributed by atoms with E-state index in [9.17, 15) is 8.78 Å². The molecule has 2 aliphatic rings. The first-order valence-corrected chi connectivity index (χ1v) is 4.76. The third-order valence-electron chi connectivity index (χ3n) is 3.24. The number of hydrogen-bond acceptors (Lipinski definition) is 1. The molecule has 1 nitrogen and oxygen atoms in total. The van der Waals surface area contributed by atoms with Crippen molar-refractivity contribution in [1.82, 2.24) is 5.32 Å². The van der Waals surface area contributed by atoms with Gasteiger partial charge < -0.3 is 5.32 Å². The molecule has 1 saturated carbocycles. The summed E-state index contributed by atoms with van der Waals surface area (Å²) in [4.78, 5) is 0. The minimum absolute atomic E-state index is 0.119. The molecule has 0 radical (unpaired) electrons. The van der Waals surface area contributed by atoms with Crippen LogP contribution in [0.2, 0.25) is 0 Å². The average Bonchev–Trinajstić information content (AvgIpc) is 1.89. The van der Waals surface area contributed by atoms with Crippen molar-refractivity contribution in [1.29, 1.82) is 0 Å². The number of halogens is 2. The Morgan fingerprint density at radius 3 is 2.00 bits per heavy atom. The van der Waals surface area contributed by atoms with Gasteiger partial charge in [0.05, 0.1) is 0 Å². The molecule has 0 atom stereocenters. The second-order valence-corrected chi connectivity index (χ2v) is 4.11. The van der Waals surface area contributed by atoms with Crippen LogP contribution in [-0.2, 0) is 0 Å². The third-order valence-corrected chi connectivity index (χ3v) is 3.24. The first-order chi connectivity index (χ1) is 5.67. The lowest BCUT2D eigenvalue weighted by atomic mass is 9.76. The molecule has 0 aromatic carbocycles. The lowest BCUT2D eigenvalue weighted by Gasteiger charge is -2.38. The SMILES string of the molecule is FC1(F)CCC(C2CNC2)CC1. The van der Waals surface area contributed by atoms with E-state index in [4.69, 9.17) is 0 Å². The van der Waals surface area contributed by atoms with Crippen molar-refractivity contribution in [3.8, 4) is 0 Å². The highest BCUT2D eigenvalue weighted by atomic mass is 19.3. The summed E-state index contributed by atoms with van der Waals surface area (Å²) >= 11 is 0. The lowest BCUT2D eigenvalue weighted by molar-refractivity contribution is -0.0551. The molecule has 1 aliphatic carbocycles. The molecule has 3 heteroatoms. The Bertz CT molecular complexity index is 156. The second kappa shape index (κ2) is 2.95. The van der Waals surface area contributed by atoms with E-state index in [1.807, 2.05) is 0 Å². The minimum atomic E-state index is -2.35. The first-order valence-electron chi connectivity index (χ1n) is 4.76. The molecule has 0 amide bonds. The van der Waals surface area contributed by atoms with E-state index >= 15 is 0 Å². The molecule has 0 unspecified atom stereocenters. The maximum atomic E-state index is 12.7. The Kier molecular flexibility index (Phi) is 2.07. The van der Waals surface area contributed by atoms with Crippen molar-refractivity contribution >= 4 is 0 Å². The molecule has 1 aliphatic heterocycles. The summed E-state index contributed by atoms with van der Waals surface area (Å²) in [7, 11) is 0. The molecule has 1 N–H and O–H groups in total. The van der Waals surface area contributed by atoms with Gasteiger partial charge in [-0.2, -0.15) is 0 Å². The molecule has 0 aromatic heterocycles. The molecule has 2 fully saturated rings. The normalized spacial score (nSPS) is 31.5. The molecular formula is C9H15F2N. The highest BCUT2D eigenvalue weighted by Crippen LogP contribution is 2.39. The maximum Gasteiger partial charge on any atom is 0.248 e. The summed E-state index contributed by atoms with van der Waals surface area (Å²) in [5.41, 5.74) is 0. The number of rotatable bonds is 1. The Balaban J connectivity index is 1.81. The van der Waals surface area contributed by atoms with Gasteiger partial charge in [-0.15, -0.1) is 0 Å². The highest BCUT2D eigenvalue weighted by molar-refractivity contribution is 4.87. The van der Waals surface area contributed by atoms with Crippen LogP contribution < -0.4 is 5.32 Å². The smallest absolute Gasteiger partial charge is 0.248 e. The number of nitrogens with one attached hydrogen (secondary N) is 1. The van der Waals surface area contributed by atoms with Gasteiger partial charge in [0.1, 0.15) is 0 Å². The Morgan fingerprint density at radius 2 is 1.58 bits per heavy atom. The van der Waals surface area contributed by atoms with E-state index in [-0.39, 0.29) is 12.8 Å². The topological polar surface area (TPSA) is 12.0 Å². The first kappa shape index (κ1) is 8.42. The van der Waals surface area contributed by atoms with Gasteiger partial charge in [0.15, 0.2) is 0 Å². The highest BCUT2D eigenvalue weighted by Gasteiger charge is 2.38. The van der Waals surface area contributed by atoms with Gasteiger partial charge in [-0.05, 0) is 37.8 Å². The van der Waals surface area contributed by atoms with E-state index in [0.29, 0.717) is 11.8 Å². The Hall–Kier alpha value is -0.180. The third kappa shape index (κ3) is 1.60. The van der Waals surface area contributed by atoms with Crippen molar-refractivity contribution in [3.63, 3.8) is 0 Å². The van der Waals surface area contributed by atoms with Gasteiger partial charge in [-0.1, -0.05) is 0 Å². The summed E-state index contributed by atoms with van der Waals surface area (Å²) < 4.78 is 25.5. The summed E-state index contributed by atoms with van der Waals surface area (Å²) in [6, 6.07) is 0. The monoisotopic (exact) mass is 175 g/mol. The van der Waals surface area contributed by atoms with Gasteiger partial charge in [0, 0.05) is 12.8 Å². The van der Waals surface area contributed by atoms with Crippen LogP contribution in [0.5, 0.6) is 0 Å². The molecule has 12 heavy (non-hydrogen) atoms. The van der Waals surface area contributed by atoms with Crippen LogP contribution in [0.3, 0.4) is 0 Å². The Labute approximate surface area is 71.5 Å². The summed E-state index contributed by atoms with van der Waals surface area (Å²) in [5.74, 6) is -1.08. The van der Waals surface area contributed by atoms with E-state index in [1.165, 1.54) is 0 Å². The zero-order valence-corrected chi connectivity index (χ0v) is 7.15. The minimum Gasteiger partial charge on any atom is -0.316 e. The summed E-state index contributed by atoms with van der Waals surface area (Å²) in [6.07, 6.45) is 1.71. The zero-order valence-electron chi connectivity index (χ0n) is 7.15. The Morgan fingerprint density at radius 1 is 1.00 bits per heavy atom. The van der Waals surface area contributed by atoms with E-state index in [1.54, 1.807) is 0 Å². The summed E-state index contributed by atoms with van der Waals surface area (Å²) in [6.45, 7) is 2.10. The molecule has 0 bridgehead atoms. The van der Waals surface area contributed by atoms with Crippen molar-refractivity contribution < 1.29 is 8.78 Å². The van der Waals surface area contributed by atoms with Crippen LogP contribution >= 0.6 is 0 Å². The van der Waals surface area contributed by atoms with Crippen LogP contribution in [0, 0.1) is 11.8 Å². The van der Waals surface area contributed by atoms with Crippen LogP contribution in [0.25, 0.3) is 0 Å². The van der Waals surface area contributed by atoms with Crippen LogP contribution in [-0.4, -0.2) is 19.0 Å². The number of hydrogen-bond donors (Lipinski definition) is 1. The van der Waals surface area contributed by atoms with Crippen molar-refractivity contribution in [2.24, 2.45) is 11.8 Å². The van der Waals surface area contributed by atoms with Gasteiger partial charge >= 0.3 is 0 Å². The van der Waals surface area contributed by atoms with E-state index < -0.39 is 5.92 Å². The summed E-state index contributed by atoms with van der Waals surface area (Å²) in [5, 5.41) is 3.19. The predicted molar refractivity (Wildman–Crippen MR) is 43.3 cm³/mol. The van der Waals surface area contributed by atoms with Crippen molar-refractivity contribution in [2.75, 3.05) is 13.1 Å². The van der Waals surface area contributed by atoms with Crippen LogP contribution in [0.1, 0.15) is 25.7 Å². The zero-order chi connectivity index (χ0) is 8.60. The van der Waals surface area contributed by atoms with E-state index in [0.717, 1.165) is 25.9 Å². The predicted octanol–water partition coefficient (Wildman–Crippen LogP) is 2.03. The number of alkyl halides is 2. The van der Waals surface area contributed by atoms with Gasteiger partial charge in [0.2, 0.25) is 5.92 Å². The lowest BCUT2D eigenvalue weighted by Crippen LogP contribution is -2.47. The largest absolute Gasteiger partial charge is 0.316 e. The maximum absolute atomic E-state index is 12.7. The molecular weight excluding hydrogens is 160 g/mol. The fraction of sp³-hybridized carbons (Fsp3) is 1.00. The van der Waals surface area contributed by atoms with Gasteiger partial charge in [-0.3, -0.25) is 0 Å². The van der Waals surface area contributed by atoms with Crippen LogP contribution in [0.4, 0.5) is 8.78 Å². The average molecular weight is 175 g/mol. The van der Waals surface area contributed by atoms with Gasteiger partial charge in [0.25, 0.3) is 0 Å². The molecule has 0 aromatic rings. The molecule has 2 rings (SSSR count). The molecule has 1 heterocycles. The molecule has 70 valence electrons. The van der Waals surface area contributed by atoms with Crippen molar-refractivity contribution in [3.05, 3.63) is 0 Å². The van der Waals surface area contributed by atoms with Crippen LogP contribution in [0.15, 0.2) is 0 Å². The molecule has 0 spiro atoms. The quantitative estimate of drug-likeness (QED) is 0.643. The second-order valence-electron chi connectivity index (χ2n) is 4.11. The van der Waals surface area contributed by atoms with Crippen molar-refractivity contribution in [2.45, 2.75) is 31.6 Å².